The summed E-state index contributed by atoms with van der Waals surface area (Å²) in [6, 6.07) is 5.60. The Hall–Kier alpha value is -1.84. The lowest BCUT2D eigenvalue weighted by Gasteiger charge is -2.17. The molecule has 2 amide bonds. The Morgan fingerprint density at radius 1 is 1.33 bits per heavy atom. The fraction of sp³-hybridized carbons (Fsp3) is 0.429. The Morgan fingerprint density at radius 3 is 2.67 bits per heavy atom. The van der Waals surface area contributed by atoms with Crippen LogP contribution in [0.15, 0.2) is 18.2 Å². The van der Waals surface area contributed by atoms with Crippen LogP contribution in [-0.2, 0) is 11.2 Å². The second-order valence-corrected chi connectivity index (χ2v) is 4.65. The molecule has 0 saturated carbocycles. The number of hydrogen-bond acceptors (Lipinski definition) is 2. The molecule has 0 atom stereocenters. The summed E-state index contributed by atoms with van der Waals surface area (Å²) >= 11 is 0. The highest BCUT2D eigenvalue weighted by atomic mass is 16.2. The summed E-state index contributed by atoms with van der Waals surface area (Å²) in [7, 11) is 3.48. The first-order chi connectivity index (χ1) is 8.56. The quantitative estimate of drug-likeness (QED) is 0.796. The topological polar surface area (TPSA) is 40.6 Å². The van der Waals surface area contributed by atoms with Gasteiger partial charge in [-0.2, -0.15) is 0 Å². The number of fused-ring (bicyclic) bond motifs is 1. The summed E-state index contributed by atoms with van der Waals surface area (Å²) in [4.78, 5) is 27.2. The second kappa shape index (κ2) is 4.80. The van der Waals surface area contributed by atoms with Crippen molar-refractivity contribution in [3.8, 4) is 0 Å². The fourth-order valence-electron chi connectivity index (χ4n) is 2.33. The van der Waals surface area contributed by atoms with Crippen molar-refractivity contribution in [2.24, 2.45) is 0 Å². The highest BCUT2D eigenvalue weighted by Crippen LogP contribution is 2.31. The van der Waals surface area contributed by atoms with Gasteiger partial charge in [-0.3, -0.25) is 9.59 Å². The van der Waals surface area contributed by atoms with Gasteiger partial charge in [-0.25, -0.2) is 0 Å². The lowest BCUT2D eigenvalue weighted by molar-refractivity contribution is -0.118. The van der Waals surface area contributed by atoms with Crippen LogP contribution in [0.1, 0.15) is 29.3 Å². The van der Waals surface area contributed by atoms with Crippen molar-refractivity contribution >= 4 is 17.5 Å². The van der Waals surface area contributed by atoms with Crippen LogP contribution in [0, 0.1) is 0 Å². The Morgan fingerprint density at radius 2 is 2.06 bits per heavy atom. The van der Waals surface area contributed by atoms with Gasteiger partial charge in [0, 0.05) is 38.3 Å². The SMILES string of the molecule is CCC(=O)N1CCc2c(C(=O)N(C)C)cccc21. The fourth-order valence-corrected chi connectivity index (χ4v) is 2.33. The smallest absolute Gasteiger partial charge is 0.253 e. The summed E-state index contributed by atoms with van der Waals surface area (Å²) in [5, 5.41) is 0. The van der Waals surface area contributed by atoms with Gasteiger partial charge >= 0.3 is 0 Å². The maximum atomic E-state index is 12.1. The van der Waals surface area contributed by atoms with Crippen LogP contribution < -0.4 is 4.90 Å². The number of carbonyl (C=O) groups is 2. The van der Waals surface area contributed by atoms with E-state index in [2.05, 4.69) is 0 Å². The Balaban J connectivity index is 2.42. The number of benzene rings is 1. The normalized spacial score (nSPS) is 13.4. The van der Waals surface area contributed by atoms with E-state index >= 15 is 0 Å². The zero-order valence-electron chi connectivity index (χ0n) is 11.1. The van der Waals surface area contributed by atoms with Crippen LogP contribution in [0.3, 0.4) is 0 Å². The van der Waals surface area contributed by atoms with Crippen molar-refractivity contribution < 1.29 is 9.59 Å². The summed E-state index contributed by atoms with van der Waals surface area (Å²) in [5.41, 5.74) is 2.61. The van der Waals surface area contributed by atoms with Crippen LogP contribution >= 0.6 is 0 Å². The van der Waals surface area contributed by atoms with E-state index in [-0.39, 0.29) is 11.8 Å². The van der Waals surface area contributed by atoms with Crippen molar-refractivity contribution in [1.29, 1.82) is 0 Å². The molecule has 1 aliphatic rings. The number of amides is 2. The zero-order chi connectivity index (χ0) is 13.3. The molecule has 0 saturated heterocycles. The highest BCUT2D eigenvalue weighted by molar-refractivity contribution is 6.01. The van der Waals surface area contributed by atoms with Gasteiger partial charge in [0.15, 0.2) is 0 Å². The minimum atomic E-state index is -0.00218. The average molecular weight is 246 g/mol. The van der Waals surface area contributed by atoms with Crippen molar-refractivity contribution in [3.63, 3.8) is 0 Å². The third-order valence-electron chi connectivity index (χ3n) is 3.27. The van der Waals surface area contributed by atoms with E-state index in [9.17, 15) is 9.59 Å². The van der Waals surface area contributed by atoms with E-state index in [1.165, 1.54) is 0 Å². The molecule has 0 N–H and O–H groups in total. The predicted molar refractivity (Wildman–Crippen MR) is 70.8 cm³/mol. The molecule has 4 heteroatoms. The van der Waals surface area contributed by atoms with Crippen LogP contribution in [0.4, 0.5) is 5.69 Å². The van der Waals surface area contributed by atoms with Crippen molar-refractivity contribution in [1.82, 2.24) is 4.90 Å². The molecule has 0 bridgehead atoms. The van der Waals surface area contributed by atoms with Gasteiger partial charge in [-0.05, 0) is 24.1 Å². The molecule has 1 heterocycles. The molecule has 0 radical (unpaired) electrons. The van der Waals surface area contributed by atoms with Crippen molar-refractivity contribution in [2.45, 2.75) is 19.8 Å². The first-order valence-electron chi connectivity index (χ1n) is 6.20. The molecule has 0 aliphatic carbocycles. The molecule has 2 rings (SSSR count). The van der Waals surface area contributed by atoms with Crippen molar-refractivity contribution in [2.75, 3.05) is 25.5 Å². The molecule has 4 nitrogen and oxygen atoms in total. The monoisotopic (exact) mass is 246 g/mol. The van der Waals surface area contributed by atoms with Gasteiger partial charge in [0.05, 0.1) is 0 Å². The average Bonchev–Trinajstić information content (AvgIpc) is 2.80. The number of hydrogen-bond donors (Lipinski definition) is 0. The van der Waals surface area contributed by atoms with E-state index < -0.39 is 0 Å². The third kappa shape index (κ3) is 1.98. The molecule has 1 aliphatic heterocycles. The van der Waals surface area contributed by atoms with Crippen molar-refractivity contribution in [3.05, 3.63) is 29.3 Å². The predicted octanol–water partition coefficient (Wildman–Crippen LogP) is 1.69. The largest absolute Gasteiger partial charge is 0.345 e. The second-order valence-electron chi connectivity index (χ2n) is 4.65. The minimum absolute atomic E-state index is 0.00218. The summed E-state index contributed by atoms with van der Waals surface area (Å²) < 4.78 is 0. The summed E-state index contributed by atoms with van der Waals surface area (Å²) in [5.74, 6) is 0.112. The molecule has 0 aromatic heterocycles. The number of nitrogens with zero attached hydrogens (tertiary/aromatic N) is 2. The summed E-state index contributed by atoms with van der Waals surface area (Å²) in [6.07, 6.45) is 1.25. The molecule has 0 spiro atoms. The Labute approximate surface area is 107 Å². The van der Waals surface area contributed by atoms with Crippen LogP contribution in [0.25, 0.3) is 0 Å². The number of anilines is 1. The van der Waals surface area contributed by atoms with Gasteiger partial charge in [-0.1, -0.05) is 13.0 Å². The molecule has 1 aromatic rings. The molecule has 96 valence electrons. The van der Waals surface area contributed by atoms with Gasteiger partial charge < -0.3 is 9.80 Å². The summed E-state index contributed by atoms with van der Waals surface area (Å²) in [6.45, 7) is 2.54. The van der Waals surface area contributed by atoms with E-state index in [1.54, 1.807) is 23.9 Å². The first-order valence-corrected chi connectivity index (χ1v) is 6.20. The molecule has 18 heavy (non-hydrogen) atoms. The van der Waals surface area contributed by atoms with Crippen LogP contribution in [0.5, 0.6) is 0 Å². The van der Waals surface area contributed by atoms with Gasteiger partial charge in [0.2, 0.25) is 5.91 Å². The molecule has 0 unspecified atom stereocenters. The lowest BCUT2D eigenvalue weighted by Crippen LogP contribution is -2.27. The number of rotatable bonds is 2. The Bertz CT molecular complexity index is 495. The number of carbonyl (C=O) groups excluding carboxylic acids is 2. The maximum absolute atomic E-state index is 12.1. The third-order valence-corrected chi connectivity index (χ3v) is 3.27. The van der Waals surface area contributed by atoms with Gasteiger partial charge in [0.25, 0.3) is 5.91 Å². The van der Waals surface area contributed by atoms with Crippen LogP contribution in [0.2, 0.25) is 0 Å². The minimum Gasteiger partial charge on any atom is -0.345 e. The zero-order valence-corrected chi connectivity index (χ0v) is 11.1. The van der Waals surface area contributed by atoms with E-state index in [0.29, 0.717) is 18.5 Å². The standard InChI is InChI=1S/C14H18N2O2/c1-4-13(17)16-9-8-10-11(14(18)15(2)3)6-5-7-12(10)16/h5-7H,4,8-9H2,1-3H3. The molecule has 0 fully saturated rings. The first kappa shape index (κ1) is 12.6. The lowest BCUT2D eigenvalue weighted by atomic mass is 10.0. The van der Waals surface area contributed by atoms with E-state index in [1.807, 2.05) is 25.1 Å². The Kier molecular flexibility index (Phi) is 3.36. The molecule has 1 aromatic carbocycles. The highest BCUT2D eigenvalue weighted by Gasteiger charge is 2.27. The van der Waals surface area contributed by atoms with Gasteiger partial charge in [-0.15, -0.1) is 0 Å². The van der Waals surface area contributed by atoms with Gasteiger partial charge in [0.1, 0.15) is 0 Å². The van der Waals surface area contributed by atoms with E-state index in [0.717, 1.165) is 17.7 Å². The molecular formula is C14H18N2O2. The molecular weight excluding hydrogens is 228 g/mol. The maximum Gasteiger partial charge on any atom is 0.253 e. The van der Waals surface area contributed by atoms with E-state index in [4.69, 9.17) is 0 Å². The van der Waals surface area contributed by atoms with Crippen LogP contribution in [-0.4, -0.2) is 37.4 Å².